The molecule has 4 aromatic carbocycles. The Bertz CT molecular complexity index is 1020. The van der Waals surface area contributed by atoms with Crippen molar-refractivity contribution >= 4 is 22.1 Å². The van der Waals surface area contributed by atoms with Crippen LogP contribution in [-0.2, 0) is 13.1 Å². The van der Waals surface area contributed by atoms with E-state index >= 15 is 0 Å². The number of rotatable bonds is 6. The average molecular weight is 352 g/mol. The predicted octanol–water partition coefficient (Wildman–Crippen LogP) is 6.37. The van der Waals surface area contributed by atoms with Gasteiger partial charge in [-0.25, -0.2) is 0 Å². The highest BCUT2D eigenvalue weighted by Gasteiger charge is 2.06. The minimum Gasteiger partial charge on any atom is -0.381 e. The van der Waals surface area contributed by atoms with Crippen molar-refractivity contribution in [1.82, 2.24) is 0 Å². The van der Waals surface area contributed by atoms with Gasteiger partial charge in [0.25, 0.3) is 0 Å². The third kappa shape index (κ3) is 4.12. The van der Waals surface area contributed by atoms with Crippen molar-refractivity contribution in [3.05, 3.63) is 108 Å². The Balaban J connectivity index is 1.55. The van der Waals surface area contributed by atoms with Gasteiger partial charge in [0.15, 0.2) is 0 Å². The summed E-state index contributed by atoms with van der Waals surface area (Å²) in [5, 5.41) is 9.68. The highest BCUT2D eigenvalue weighted by atomic mass is 14.9. The molecule has 0 atom stereocenters. The van der Waals surface area contributed by atoms with Crippen LogP contribution in [0.5, 0.6) is 0 Å². The second-order valence-corrected chi connectivity index (χ2v) is 6.87. The monoisotopic (exact) mass is 352 g/mol. The number of nitrogens with one attached hydrogen (secondary N) is 2. The van der Waals surface area contributed by atoms with Gasteiger partial charge in [-0.05, 0) is 53.1 Å². The number of aryl methyl sites for hydroxylation is 1. The summed E-state index contributed by atoms with van der Waals surface area (Å²) < 4.78 is 0. The molecule has 0 aliphatic carbocycles. The molecule has 0 radical (unpaired) electrons. The van der Waals surface area contributed by atoms with Crippen LogP contribution in [0.15, 0.2) is 91.0 Å². The number of anilines is 2. The molecule has 2 heteroatoms. The number of fused-ring (bicyclic) bond motifs is 1. The molecule has 134 valence electrons. The zero-order chi connectivity index (χ0) is 18.5. The summed E-state index contributed by atoms with van der Waals surface area (Å²) in [6, 6.07) is 32.0. The van der Waals surface area contributed by atoms with E-state index in [9.17, 15) is 0 Å². The molecule has 0 saturated carbocycles. The van der Waals surface area contributed by atoms with E-state index in [0.717, 1.165) is 24.5 Å². The van der Waals surface area contributed by atoms with Crippen molar-refractivity contribution in [2.24, 2.45) is 0 Å². The molecule has 0 heterocycles. The van der Waals surface area contributed by atoms with Gasteiger partial charge in [-0.15, -0.1) is 0 Å². The fraction of sp³-hybridized carbons (Fsp3) is 0.120. The van der Waals surface area contributed by atoms with Gasteiger partial charge in [0.05, 0.1) is 0 Å². The lowest BCUT2D eigenvalue weighted by molar-refractivity contribution is 1.14. The summed E-state index contributed by atoms with van der Waals surface area (Å²) in [6.07, 6.45) is 0. The molecule has 0 saturated heterocycles. The fourth-order valence-corrected chi connectivity index (χ4v) is 3.35. The molecule has 4 aromatic rings. The van der Waals surface area contributed by atoms with Crippen molar-refractivity contribution in [1.29, 1.82) is 0 Å². The van der Waals surface area contributed by atoms with Gasteiger partial charge in [-0.1, -0.05) is 72.3 Å². The van der Waals surface area contributed by atoms with Gasteiger partial charge in [0.2, 0.25) is 0 Å². The van der Waals surface area contributed by atoms with Crippen molar-refractivity contribution in [3.8, 4) is 0 Å². The molecule has 4 rings (SSSR count). The Kier molecular flexibility index (Phi) is 5.06. The topological polar surface area (TPSA) is 24.1 Å². The highest BCUT2D eigenvalue weighted by Crippen LogP contribution is 2.25. The number of hydrogen-bond donors (Lipinski definition) is 2. The molecular formula is C25H24N2. The van der Waals surface area contributed by atoms with E-state index in [0.29, 0.717) is 0 Å². The van der Waals surface area contributed by atoms with Gasteiger partial charge in [-0.3, -0.25) is 0 Å². The Morgan fingerprint density at radius 1 is 0.519 bits per heavy atom. The van der Waals surface area contributed by atoms with Crippen LogP contribution in [0.25, 0.3) is 10.8 Å². The first kappa shape index (κ1) is 17.2. The molecule has 0 aliphatic heterocycles. The summed E-state index contributed by atoms with van der Waals surface area (Å²) in [4.78, 5) is 0. The lowest BCUT2D eigenvalue weighted by atomic mass is 9.99. The van der Waals surface area contributed by atoms with E-state index in [4.69, 9.17) is 0 Å². The fourth-order valence-electron chi connectivity index (χ4n) is 3.35. The maximum Gasteiger partial charge on any atom is 0.0406 e. The molecule has 2 N–H and O–H groups in total. The average Bonchev–Trinajstić information content (AvgIpc) is 2.73. The van der Waals surface area contributed by atoms with E-state index in [-0.39, 0.29) is 0 Å². The third-order valence-corrected chi connectivity index (χ3v) is 4.90. The molecule has 0 amide bonds. The molecule has 0 bridgehead atoms. The van der Waals surface area contributed by atoms with Gasteiger partial charge < -0.3 is 10.6 Å². The zero-order valence-corrected chi connectivity index (χ0v) is 15.6. The number of benzene rings is 4. The van der Waals surface area contributed by atoms with Crippen LogP contribution < -0.4 is 10.6 Å². The van der Waals surface area contributed by atoms with Crippen LogP contribution in [0, 0.1) is 6.92 Å². The first-order valence-corrected chi connectivity index (χ1v) is 9.38. The standard InChI is InChI=1S/C25H24N2/c1-19-11-15-23(16-12-19)27-18-21-14-13-20(24-9-5-6-10-25(21)24)17-26-22-7-3-2-4-8-22/h2-16,26-27H,17-18H2,1H3. The second-order valence-electron chi connectivity index (χ2n) is 6.87. The Labute approximate surface area is 160 Å². The van der Waals surface area contributed by atoms with E-state index in [1.165, 1.54) is 27.5 Å². The van der Waals surface area contributed by atoms with E-state index in [1.807, 2.05) is 6.07 Å². The van der Waals surface area contributed by atoms with E-state index < -0.39 is 0 Å². The van der Waals surface area contributed by atoms with Crippen LogP contribution in [0.4, 0.5) is 11.4 Å². The summed E-state index contributed by atoms with van der Waals surface area (Å²) >= 11 is 0. The summed E-state index contributed by atoms with van der Waals surface area (Å²) in [5.41, 5.74) is 6.20. The number of hydrogen-bond acceptors (Lipinski definition) is 2. The minimum atomic E-state index is 0.815. The highest BCUT2D eigenvalue weighted by molar-refractivity contribution is 5.89. The smallest absolute Gasteiger partial charge is 0.0406 e. The lowest BCUT2D eigenvalue weighted by Gasteiger charge is -2.14. The predicted molar refractivity (Wildman–Crippen MR) is 116 cm³/mol. The molecule has 0 aliphatic rings. The third-order valence-electron chi connectivity index (χ3n) is 4.90. The summed E-state index contributed by atoms with van der Waals surface area (Å²) in [5.74, 6) is 0. The molecule has 2 nitrogen and oxygen atoms in total. The SMILES string of the molecule is Cc1ccc(NCc2ccc(CNc3ccccc3)c3ccccc23)cc1. The van der Waals surface area contributed by atoms with Gasteiger partial charge in [0.1, 0.15) is 0 Å². The zero-order valence-electron chi connectivity index (χ0n) is 15.6. The van der Waals surface area contributed by atoms with Crippen molar-refractivity contribution in [3.63, 3.8) is 0 Å². The normalized spacial score (nSPS) is 10.7. The summed E-state index contributed by atoms with van der Waals surface area (Å²) in [6.45, 7) is 3.74. The van der Waals surface area contributed by atoms with Gasteiger partial charge in [-0.2, -0.15) is 0 Å². The molecule has 0 fully saturated rings. The second kappa shape index (κ2) is 7.96. The van der Waals surface area contributed by atoms with Crippen LogP contribution in [0.3, 0.4) is 0 Å². The molecule has 0 unspecified atom stereocenters. The van der Waals surface area contributed by atoms with Crippen LogP contribution >= 0.6 is 0 Å². The van der Waals surface area contributed by atoms with Gasteiger partial charge in [0, 0.05) is 24.5 Å². The molecule has 0 aromatic heterocycles. The quantitative estimate of drug-likeness (QED) is 0.421. The molecule has 0 spiro atoms. The summed E-state index contributed by atoms with van der Waals surface area (Å²) in [7, 11) is 0. The molecule has 27 heavy (non-hydrogen) atoms. The van der Waals surface area contributed by atoms with E-state index in [1.54, 1.807) is 0 Å². The van der Waals surface area contributed by atoms with Gasteiger partial charge >= 0.3 is 0 Å². The maximum absolute atomic E-state index is 3.54. The van der Waals surface area contributed by atoms with Crippen LogP contribution in [0.1, 0.15) is 16.7 Å². The Morgan fingerprint density at radius 2 is 1.00 bits per heavy atom. The molecular weight excluding hydrogens is 328 g/mol. The first-order valence-electron chi connectivity index (χ1n) is 9.38. The number of para-hydroxylation sites is 1. The largest absolute Gasteiger partial charge is 0.381 e. The first-order chi connectivity index (χ1) is 13.3. The van der Waals surface area contributed by atoms with Crippen LogP contribution in [0.2, 0.25) is 0 Å². The van der Waals surface area contributed by atoms with Crippen molar-refractivity contribution in [2.75, 3.05) is 10.6 Å². The lowest BCUT2D eigenvalue weighted by Crippen LogP contribution is -2.03. The maximum atomic E-state index is 3.54. The van der Waals surface area contributed by atoms with E-state index in [2.05, 4.69) is 102 Å². The van der Waals surface area contributed by atoms with Crippen molar-refractivity contribution in [2.45, 2.75) is 20.0 Å². The van der Waals surface area contributed by atoms with Crippen LogP contribution in [-0.4, -0.2) is 0 Å². The Morgan fingerprint density at radius 3 is 1.56 bits per heavy atom. The van der Waals surface area contributed by atoms with Crippen molar-refractivity contribution < 1.29 is 0 Å². The minimum absolute atomic E-state index is 0.815. The Hall–Kier alpha value is -3.26.